The third-order valence-corrected chi connectivity index (χ3v) is 9.29. The zero-order chi connectivity index (χ0) is 16.6. The van der Waals surface area contributed by atoms with Crippen molar-refractivity contribution in [3.05, 3.63) is 0 Å². The molecule has 24 heavy (non-hydrogen) atoms. The number of hydrogen-bond donors (Lipinski definition) is 1. The van der Waals surface area contributed by atoms with Gasteiger partial charge in [0, 0.05) is 6.42 Å². The van der Waals surface area contributed by atoms with Crippen molar-refractivity contribution < 1.29 is 14.6 Å². The molecular weight excluding hydrogens is 300 g/mol. The van der Waals surface area contributed by atoms with Gasteiger partial charge < -0.3 is 14.6 Å². The van der Waals surface area contributed by atoms with Crippen LogP contribution in [0.3, 0.4) is 0 Å². The van der Waals surface area contributed by atoms with E-state index in [1.54, 1.807) is 0 Å². The quantitative estimate of drug-likeness (QED) is 0.724. The van der Waals surface area contributed by atoms with Crippen molar-refractivity contribution >= 4 is 0 Å². The maximum Gasteiger partial charge on any atom is 0.194 e. The molecule has 5 aliphatic rings. The van der Waals surface area contributed by atoms with Gasteiger partial charge in [-0.25, -0.2) is 0 Å². The van der Waals surface area contributed by atoms with Crippen molar-refractivity contribution in [1.82, 2.24) is 0 Å². The first-order valence-electron chi connectivity index (χ1n) is 10.4. The normalized spacial score (nSPS) is 55.9. The zero-order valence-corrected chi connectivity index (χ0v) is 15.4. The van der Waals surface area contributed by atoms with Crippen LogP contribution in [0.4, 0.5) is 0 Å². The molecule has 0 amide bonds. The van der Waals surface area contributed by atoms with E-state index >= 15 is 0 Å². The van der Waals surface area contributed by atoms with Gasteiger partial charge >= 0.3 is 0 Å². The molecule has 1 N–H and O–H groups in total. The van der Waals surface area contributed by atoms with Gasteiger partial charge in [0.25, 0.3) is 0 Å². The molecule has 0 radical (unpaired) electrons. The van der Waals surface area contributed by atoms with Gasteiger partial charge in [0.1, 0.15) is 6.10 Å². The predicted molar refractivity (Wildman–Crippen MR) is 92.4 cm³/mol. The van der Waals surface area contributed by atoms with Gasteiger partial charge in [-0.3, -0.25) is 0 Å². The van der Waals surface area contributed by atoms with E-state index in [4.69, 9.17) is 9.47 Å². The largest absolute Gasteiger partial charge is 0.387 e. The Hall–Kier alpha value is -0.120. The van der Waals surface area contributed by atoms with Crippen molar-refractivity contribution in [1.29, 1.82) is 0 Å². The Morgan fingerprint density at radius 2 is 1.67 bits per heavy atom. The van der Waals surface area contributed by atoms with Gasteiger partial charge in [0.15, 0.2) is 5.79 Å². The lowest BCUT2D eigenvalue weighted by Crippen LogP contribution is -2.60. The number of aliphatic hydroxyl groups is 1. The van der Waals surface area contributed by atoms with Crippen molar-refractivity contribution in [2.24, 2.45) is 34.5 Å². The van der Waals surface area contributed by atoms with Crippen LogP contribution in [0.15, 0.2) is 0 Å². The van der Waals surface area contributed by atoms with Gasteiger partial charge in [0.2, 0.25) is 0 Å². The smallest absolute Gasteiger partial charge is 0.194 e. The average molecular weight is 335 g/mol. The molecule has 1 heterocycles. The summed E-state index contributed by atoms with van der Waals surface area (Å²) < 4.78 is 11.9. The molecule has 3 heteroatoms. The highest BCUT2D eigenvalue weighted by atomic mass is 16.7. The first-order chi connectivity index (χ1) is 11.5. The SMILES string of the molecule is C[C@@]12CCC[C@H]1[C@@H]1CCC3CC4(OCCO4)C(O)C[C@]3(C)[C@H]1CC2. The lowest BCUT2D eigenvalue weighted by molar-refractivity contribution is -0.279. The van der Waals surface area contributed by atoms with Crippen molar-refractivity contribution in [3.8, 4) is 0 Å². The first kappa shape index (κ1) is 16.1. The second-order valence-electron chi connectivity index (χ2n) is 10.2. The fourth-order valence-corrected chi connectivity index (χ4v) is 8.01. The average Bonchev–Trinajstić information content (AvgIpc) is 3.16. The number of fused-ring (bicyclic) bond motifs is 5. The summed E-state index contributed by atoms with van der Waals surface area (Å²) in [5.74, 6) is 2.64. The summed E-state index contributed by atoms with van der Waals surface area (Å²) in [7, 11) is 0. The standard InChI is InChI=1S/C21H34O3/c1-19-8-3-4-16(19)15-6-5-14-12-21(23-10-11-24-21)18(22)13-20(14,2)17(15)7-9-19/h14-18,22H,3-13H2,1-2H3/t14?,15-,16-,17-,18?,19-,20-/m0/s1. The Bertz CT molecular complexity index is 513. The molecule has 0 bridgehead atoms. The van der Waals surface area contributed by atoms with E-state index in [9.17, 15) is 5.11 Å². The Labute approximate surface area is 146 Å². The maximum atomic E-state index is 10.9. The number of ether oxygens (including phenoxy) is 2. The van der Waals surface area contributed by atoms with E-state index < -0.39 is 11.9 Å². The minimum absolute atomic E-state index is 0.285. The minimum atomic E-state index is -0.673. The van der Waals surface area contributed by atoms with Crippen molar-refractivity contribution in [3.63, 3.8) is 0 Å². The summed E-state index contributed by atoms with van der Waals surface area (Å²) in [4.78, 5) is 0. The predicted octanol–water partition coefficient (Wildman–Crippen LogP) is 4.13. The Morgan fingerprint density at radius 3 is 2.46 bits per heavy atom. The lowest BCUT2D eigenvalue weighted by atomic mass is 9.44. The third kappa shape index (κ3) is 2.01. The first-order valence-corrected chi connectivity index (χ1v) is 10.4. The fourth-order valence-electron chi connectivity index (χ4n) is 8.01. The Balaban J connectivity index is 1.44. The molecule has 2 unspecified atom stereocenters. The molecule has 136 valence electrons. The summed E-state index contributed by atoms with van der Waals surface area (Å²) >= 11 is 0. The Morgan fingerprint density at radius 1 is 0.875 bits per heavy atom. The maximum absolute atomic E-state index is 10.9. The molecule has 4 aliphatic carbocycles. The third-order valence-electron chi connectivity index (χ3n) is 9.29. The number of rotatable bonds is 0. The molecule has 7 atom stereocenters. The van der Waals surface area contributed by atoms with Crippen LogP contribution in [-0.4, -0.2) is 30.2 Å². The summed E-state index contributed by atoms with van der Waals surface area (Å²) in [6.07, 6.45) is 11.2. The van der Waals surface area contributed by atoms with Gasteiger partial charge in [-0.15, -0.1) is 0 Å². The van der Waals surface area contributed by atoms with Gasteiger partial charge in [-0.05, 0) is 79.4 Å². The monoisotopic (exact) mass is 334 g/mol. The van der Waals surface area contributed by atoms with Crippen LogP contribution >= 0.6 is 0 Å². The molecule has 0 aromatic heterocycles. The molecule has 1 saturated heterocycles. The van der Waals surface area contributed by atoms with Crippen LogP contribution in [0.5, 0.6) is 0 Å². The van der Waals surface area contributed by atoms with Gasteiger partial charge in [0.05, 0.1) is 13.2 Å². The summed E-state index contributed by atoms with van der Waals surface area (Å²) in [5, 5.41) is 10.9. The molecule has 1 spiro atoms. The molecular formula is C21H34O3. The molecule has 0 aromatic rings. The lowest BCUT2D eigenvalue weighted by Gasteiger charge is -2.62. The topological polar surface area (TPSA) is 38.7 Å². The highest BCUT2D eigenvalue weighted by molar-refractivity contribution is 5.10. The van der Waals surface area contributed by atoms with E-state index in [0.717, 1.165) is 30.6 Å². The van der Waals surface area contributed by atoms with E-state index in [2.05, 4.69) is 13.8 Å². The zero-order valence-electron chi connectivity index (χ0n) is 15.4. The van der Waals surface area contributed by atoms with Crippen LogP contribution in [0.2, 0.25) is 0 Å². The van der Waals surface area contributed by atoms with Crippen molar-refractivity contribution in [2.75, 3.05) is 13.2 Å². The van der Waals surface area contributed by atoms with E-state index in [1.807, 2.05) is 0 Å². The van der Waals surface area contributed by atoms with Crippen LogP contribution in [0.25, 0.3) is 0 Å². The molecule has 4 saturated carbocycles. The molecule has 1 aliphatic heterocycles. The van der Waals surface area contributed by atoms with Gasteiger partial charge in [-0.2, -0.15) is 0 Å². The van der Waals surface area contributed by atoms with Gasteiger partial charge in [-0.1, -0.05) is 20.3 Å². The number of aliphatic hydroxyl groups excluding tert-OH is 1. The fraction of sp³-hybridized carbons (Fsp3) is 1.00. The Kier molecular flexibility index (Phi) is 3.49. The molecule has 0 aromatic carbocycles. The highest BCUT2D eigenvalue weighted by Crippen LogP contribution is 2.67. The highest BCUT2D eigenvalue weighted by Gasteiger charge is 2.62. The summed E-state index contributed by atoms with van der Waals surface area (Å²) in [6.45, 7) is 6.36. The van der Waals surface area contributed by atoms with Crippen LogP contribution in [0, 0.1) is 34.5 Å². The van der Waals surface area contributed by atoms with Crippen LogP contribution in [-0.2, 0) is 9.47 Å². The minimum Gasteiger partial charge on any atom is -0.387 e. The number of hydrogen-bond acceptors (Lipinski definition) is 3. The second-order valence-corrected chi connectivity index (χ2v) is 10.2. The molecule has 5 rings (SSSR count). The summed E-state index contributed by atoms with van der Waals surface area (Å²) in [6, 6.07) is 0. The van der Waals surface area contributed by atoms with E-state index in [1.165, 1.54) is 44.9 Å². The second kappa shape index (κ2) is 5.20. The molecule has 5 fully saturated rings. The van der Waals surface area contributed by atoms with E-state index in [-0.39, 0.29) is 5.41 Å². The molecule has 3 nitrogen and oxygen atoms in total. The van der Waals surface area contributed by atoms with Crippen LogP contribution in [0.1, 0.15) is 71.6 Å². The summed E-state index contributed by atoms with van der Waals surface area (Å²) in [5.41, 5.74) is 0.906. The van der Waals surface area contributed by atoms with E-state index in [0.29, 0.717) is 24.5 Å². The van der Waals surface area contributed by atoms with Crippen LogP contribution < -0.4 is 0 Å². The van der Waals surface area contributed by atoms with Crippen molar-refractivity contribution in [2.45, 2.75) is 83.5 Å².